The molecule has 0 saturated carbocycles. The smallest absolute Gasteiger partial charge is 0.0948 e. The molecule has 0 amide bonds. The second-order valence-electron chi connectivity index (χ2n) is 2.40. The molecular formula is C6H12N2O. The molecule has 0 aliphatic carbocycles. The van der Waals surface area contributed by atoms with Gasteiger partial charge < -0.3 is 10.4 Å². The monoisotopic (exact) mass is 128 g/mol. The van der Waals surface area contributed by atoms with Gasteiger partial charge in [-0.3, -0.25) is 4.99 Å². The highest BCUT2D eigenvalue weighted by Crippen LogP contribution is 2.04. The minimum Gasteiger partial charge on any atom is -0.394 e. The summed E-state index contributed by atoms with van der Waals surface area (Å²) in [7, 11) is 0. The van der Waals surface area contributed by atoms with E-state index in [0.717, 1.165) is 5.84 Å². The standard InChI is InChI=1S/C6H12N2O/c1-4-6(3-9)8-5(2)7-4/h4,6,9H,3H2,1-2H3,(H,7,8). The van der Waals surface area contributed by atoms with Crippen LogP contribution in [0, 0.1) is 0 Å². The van der Waals surface area contributed by atoms with E-state index in [1.165, 1.54) is 0 Å². The van der Waals surface area contributed by atoms with Crippen LogP contribution in [0.25, 0.3) is 0 Å². The Morgan fingerprint density at radius 1 is 1.78 bits per heavy atom. The molecule has 2 atom stereocenters. The quantitative estimate of drug-likeness (QED) is 0.512. The number of aliphatic imine (C=N–C) groups is 1. The molecule has 0 bridgehead atoms. The summed E-state index contributed by atoms with van der Waals surface area (Å²) in [6.45, 7) is 4.07. The molecule has 0 aromatic heterocycles. The van der Waals surface area contributed by atoms with E-state index in [4.69, 9.17) is 5.11 Å². The SMILES string of the molecule is CC1=NC(CO)C(C)N1. The van der Waals surface area contributed by atoms with E-state index in [0.29, 0.717) is 6.04 Å². The molecule has 2 unspecified atom stereocenters. The number of amidine groups is 1. The van der Waals surface area contributed by atoms with Crippen LogP contribution in [0.3, 0.4) is 0 Å². The number of rotatable bonds is 1. The van der Waals surface area contributed by atoms with Crippen molar-refractivity contribution >= 4 is 5.84 Å². The number of hydrogen-bond donors (Lipinski definition) is 2. The van der Waals surface area contributed by atoms with Gasteiger partial charge in [0, 0.05) is 6.04 Å². The van der Waals surface area contributed by atoms with Crippen LogP contribution in [0.15, 0.2) is 4.99 Å². The first-order chi connectivity index (χ1) is 4.24. The third-order valence-electron chi connectivity index (χ3n) is 1.56. The Morgan fingerprint density at radius 3 is 2.67 bits per heavy atom. The van der Waals surface area contributed by atoms with Crippen molar-refractivity contribution in [1.82, 2.24) is 5.32 Å². The molecule has 0 radical (unpaired) electrons. The van der Waals surface area contributed by atoms with E-state index in [1.807, 2.05) is 13.8 Å². The highest BCUT2D eigenvalue weighted by molar-refractivity contribution is 5.81. The summed E-state index contributed by atoms with van der Waals surface area (Å²) < 4.78 is 0. The molecule has 0 fully saturated rings. The van der Waals surface area contributed by atoms with Crippen LogP contribution in [0.5, 0.6) is 0 Å². The van der Waals surface area contributed by atoms with E-state index in [1.54, 1.807) is 0 Å². The maximum atomic E-state index is 8.71. The highest BCUT2D eigenvalue weighted by atomic mass is 16.3. The first-order valence-electron chi connectivity index (χ1n) is 3.16. The largest absolute Gasteiger partial charge is 0.394 e. The molecular weight excluding hydrogens is 116 g/mol. The third-order valence-corrected chi connectivity index (χ3v) is 1.56. The lowest BCUT2D eigenvalue weighted by molar-refractivity contribution is 0.256. The zero-order valence-corrected chi connectivity index (χ0v) is 5.76. The van der Waals surface area contributed by atoms with Crippen LogP contribution in [0.2, 0.25) is 0 Å². The van der Waals surface area contributed by atoms with Gasteiger partial charge in [-0.15, -0.1) is 0 Å². The minimum atomic E-state index is 0.0741. The molecule has 1 rings (SSSR count). The fourth-order valence-electron chi connectivity index (χ4n) is 1.02. The summed E-state index contributed by atoms with van der Waals surface area (Å²) in [4.78, 5) is 4.14. The topological polar surface area (TPSA) is 44.6 Å². The van der Waals surface area contributed by atoms with Crippen molar-refractivity contribution in [1.29, 1.82) is 0 Å². The lowest BCUT2D eigenvalue weighted by Crippen LogP contribution is -2.32. The maximum absolute atomic E-state index is 8.71. The van der Waals surface area contributed by atoms with Gasteiger partial charge in [-0.05, 0) is 13.8 Å². The average Bonchev–Trinajstić information content (AvgIpc) is 2.10. The van der Waals surface area contributed by atoms with Crippen LogP contribution in [-0.4, -0.2) is 29.6 Å². The number of aliphatic hydroxyl groups is 1. The fraction of sp³-hybridized carbons (Fsp3) is 0.833. The van der Waals surface area contributed by atoms with Crippen molar-refractivity contribution in [3.8, 4) is 0 Å². The predicted octanol–water partition coefficient (Wildman–Crippen LogP) is -0.243. The van der Waals surface area contributed by atoms with Crippen LogP contribution >= 0.6 is 0 Å². The van der Waals surface area contributed by atoms with Crippen molar-refractivity contribution in [2.24, 2.45) is 4.99 Å². The molecule has 9 heavy (non-hydrogen) atoms. The number of nitrogens with one attached hydrogen (secondary N) is 1. The first-order valence-corrected chi connectivity index (χ1v) is 3.16. The number of hydrogen-bond acceptors (Lipinski definition) is 3. The summed E-state index contributed by atoms with van der Waals surface area (Å²) in [5, 5.41) is 11.8. The van der Waals surface area contributed by atoms with E-state index < -0.39 is 0 Å². The molecule has 3 heteroatoms. The third kappa shape index (κ3) is 1.21. The van der Waals surface area contributed by atoms with Gasteiger partial charge in [0.2, 0.25) is 0 Å². The summed E-state index contributed by atoms with van der Waals surface area (Å²) in [6.07, 6.45) is 0. The summed E-state index contributed by atoms with van der Waals surface area (Å²) in [6, 6.07) is 0.375. The van der Waals surface area contributed by atoms with Crippen molar-refractivity contribution in [2.45, 2.75) is 25.9 Å². The minimum absolute atomic E-state index is 0.0741. The van der Waals surface area contributed by atoms with Gasteiger partial charge in [-0.1, -0.05) is 0 Å². The Labute approximate surface area is 54.8 Å². The maximum Gasteiger partial charge on any atom is 0.0948 e. The zero-order valence-electron chi connectivity index (χ0n) is 5.76. The molecule has 0 aromatic rings. The van der Waals surface area contributed by atoms with Gasteiger partial charge in [-0.25, -0.2) is 0 Å². The highest BCUT2D eigenvalue weighted by Gasteiger charge is 2.20. The van der Waals surface area contributed by atoms with E-state index in [-0.39, 0.29) is 12.6 Å². The van der Waals surface area contributed by atoms with Crippen molar-refractivity contribution < 1.29 is 5.11 Å². The van der Waals surface area contributed by atoms with Crippen LogP contribution in [0.4, 0.5) is 0 Å². The van der Waals surface area contributed by atoms with Gasteiger partial charge in [0.15, 0.2) is 0 Å². The Balaban J connectivity index is 2.53. The predicted molar refractivity (Wildman–Crippen MR) is 36.6 cm³/mol. The number of nitrogens with zero attached hydrogens (tertiary/aromatic N) is 1. The van der Waals surface area contributed by atoms with Crippen LogP contribution in [-0.2, 0) is 0 Å². The zero-order chi connectivity index (χ0) is 6.85. The van der Waals surface area contributed by atoms with E-state index in [2.05, 4.69) is 10.3 Å². The Bertz CT molecular complexity index is 133. The average molecular weight is 128 g/mol. The molecule has 2 N–H and O–H groups in total. The van der Waals surface area contributed by atoms with Crippen LogP contribution in [0.1, 0.15) is 13.8 Å². The van der Waals surface area contributed by atoms with E-state index >= 15 is 0 Å². The Kier molecular flexibility index (Phi) is 1.71. The lowest BCUT2D eigenvalue weighted by Gasteiger charge is -2.08. The second-order valence-corrected chi connectivity index (χ2v) is 2.40. The van der Waals surface area contributed by atoms with Gasteiger partial charge in [0.05, 0.1) is 18.5 Å². The molecule has 1 aliphatic rings. The fourth-order valence-corrected chi connectivity index (χ4v) is 1.02. The lowest BCUT2D eigenvalue weighted by atomic mass is 10.2. The normalized spacial score (nSPS) is 33.9. The summed E-state index contributed by atoms with van der Waals surface area (Å²) >= 11 is 0. The Morgan fingerprint density at radius 2 is 2.44 bits per heavy atom. The van der Waals surface area contributed by atoms with Crippen molar-refractivity contribution in [3.63, 3.8) is 0 Å². The summed E-state index contributed by atoms with van der Waals surface area (Å²) in [5.41, 5.74) is 0. The Hall–Kier alpha value is -0.570. The van der Waals surface area contributed by atoms with E-state index in [9.17, 15) is 0 Å². The molecule has 1 heterocycles. The van der Waals surface area contributed by atoms with Gasteiger partial charge >= 0.3 is 0 Å². The van der Waals surface area contributed by atoms with Gasteiger partial charge in [0.25, 0.3) is 0 Å². The van der Waals surface area contributed by atoms with Crippen LogP contribution < -0.4 is 5.32 Å². The molecule has 52 valence electrons. The molecule has 1 aliphatic heterocycles. The molecule has 0 spiro atoms. The van der Waals surface area contributed by atoms with Gasteiger partial charge in [-0.2, -0.15) is 0 Å². The van der Waals surface area contributed by atoms with Crippen molar-refractivity contribution in [3.05, 3.63) is 0 Å². The summed E-state index contributed by atoms with van der Waals surface area (Å²) in [5.74, 6) is 0.932. The molecule has 3 nitrogen and oxygen atoms in total. The first kappa shape index (κ1) is 6.55. The molecule has 0 aromatic carbocycles. The van der Waals surface area contributed by atoms with Crippen molar-refractivity contribution in [2.75, 3.05) is 6.61 Å². The molecule has 0 saturated heterocycles. The number of aliphatic hydroxyl groups excluding tert-OH is 1. The second kappa shape index (κ2) is 2.35. The van der Waals surface area contributed by atoms with Gasteiger partial charge in [0.1, 0.15) is 0 Å².